The SMILES string of the molecule is CNC1C(C(=O)N(C)CC2CC(OC)CC(OC)C2)CC(CNC2=NCCN2)CC1C1CCC(F)CC1C. The van der Waals surface area contributed by atoms with Crippen molar-refractivity contribution < 1.29 is 18.7 Å². The lowest BCUT2D eigenvalue weighted by molar-refractivity contribution is -0.140. The quantitative estimate of drug-likeness (QED) is 0.419. The fraction of sp³-hybridized carbons (Fsp3) is 0.931. The van der Waals surface area contributed by atoms with E-state index in [0.29, 0.717) is 42.4 Å². The average Bonchev–Trinajstić information content (AvgIpc) is 3.44. The molecule has 9 unspecified atom stereocenters. The topological polar surface area (TPSA) is 87.2 Å². The summed E-state index contributed by atoms with van der Waals surface area (Å²) in [5.41, 5.74) is 0. The van der Waals surface area contributed by atoms with Gasteiger partial charge in [-0.1, -0.05) is 6.92 Å². The van der Waals surface area contributed by atoms with Gasteiger partial charge in [0.25, 0.3) is 0 Å². The summed E-state index contributed by atoms with van der Waals surface area (Å²) in [4.78, 5) is 20.6. The molecule has 1 amide bonds. The van der Waals surface area contributed by atoms with Gasteiger partial charge in [0, 0.05) is 46.9 Å². The van der Waals surface area contributed by atoms with Gasteiger partial charge in [-0.3, -0.25) is 9.79 Å². The van der Waals surface area contributed by atoms with Crippen LogP contribution in [-0.4, -0.2) is 95.7 Å². The number of hydrogen-bond donors (Lipinski definition) is 3. The van der Waals surface area contributed by atoms with Gasteiger partial charge in [0.15, 0.2) is 5.96 Å². The Morgan fingerprint density at radius 2 is 1.79 bits per heavy atom. The number of carbonyl (C=O) groups is 1. The number of rotatable bonds is 9. The molecule has 1 heterocycles. The summed E-state index contributed by atoms with van der Waals surface area (Å²) in [6, 6.07) is 0.108. The first-order chi connectivity index (χ1) is 18.3. The maximum absolute atomic E-state index is 14.2. The molecule has 0 bridgehead atoms. The molecule has 1 aliphatic heterocycles. The highest BCUT2D eigenvalue weighted by Gasteiger charge is 2.47. The minimum absolute atomic E-state index is 0.0932. The van der Waals surface area contributed by atoms with Crippen molar-refractivity contribution >= 4 is 11.9 Å². The summed E-state index contributed by atoms with van der Waals surface area (Å²) >= 11 is 0. The Kier molecular flexibility index (Phi) is 10.7. The first-order valence-electron chi connectivity index (χ1n) is 15.0. The monoisotopic (exact) mass is 537 g/mol. The standard InChI is InChI=1S/C29H52FN5O3/c1-18-10-21(30)6-7-24(18)25-13-19(16-34-29-32-8-9-33-29)14-26(27(25)31-2)28(36)35(3)17-20-11-22(37-4)15-23(12-20)38-5/h18-27,31H,6-17H2,1-5H3,(H2,32,33,34). The van der Waals surface area contributed by atoms with Crippen molar-refractivity contribution in [2.24, 2.45) is 40.5 Å². The van der Waals surface area contributed by atoms with Gasteiger partial charge in [0.05, 0.1) is 24.7 Å². The highest BCUT2D eigenvalue weighted by atomic mass is 19.1. The van der Waals surface area contributed by atoms with Crippen LogP contribution in [0.25, 0.3) is 0 Å². The Labute approximate surface area is 229 Å². The number of ether oxygens (including phenoxy) is 2. The zero-order valence-electron chi connectivity index (χ0n) is 24.3. The summed E-state index contributed by atoms with van der Waals surface area (Å²) in [5, 5.41) is 10.4. The van der Waals surface area contributed by atoms with Crippen LogP contribution in [-0.2, 0) is 14.3 Å². The lowest BCUT2D eigenvalue weighted by Crippen LogP contribution is -2.56. The molecule has 0 radical (unpaired) electrons. The molecule has 0 aromatic rings. The van der Waals surface area contributed by atoms with Crippen LogP contribution in [0.2, 0.25) is 0 Å². The zero-order chi connectivity index (χ0) is 27.2. The number of amides is 1. The Balaban J connectivity index is 1.48. The van der Waals surface area contributed by atoms with E-state index in [0.717, 1.165) is 70.7 Å². The third-order valence-electron chi connectivity index (χ3n) is 9.99. The number of guanidine groups is 1. The fourth-order valence-electron chi connectivity index (χ4n) is 8.08. The lowest BCUT2D eigenvalue weighted by Gasteiger charge is -2.48. The van der Waals surface area contributed by atoms with Gasteiger partial charge in [-0.2, -0.15) is 0 Å². The molecular formula is C29H52FN5O3. The number of carbonyl (C=O) groups excluding carboxylic acids is 1. The van der Waals surface area contributed by atoms with Crippen molar-refractivity contribution in [3.05, 3.63) is 0 Å². The minimum Gasteiger partial charge on any atom is -0.381 e. The molecule has 3 saturated carbocycles. The summed E-state index contributed by atoms with van der Waals surface area (Å²) in [6.07, 6.45) is 6.62. The van der Waals surface area contributed by atoms with Crippen molar-refractivity contribution in [1.29, 1.82) is 0 Å². The van der Waals surface area contributed by atoms with E-state index in [1.807, 2.05) is 19.0 Å². The Hall–Kier alpha value is -1.45. The smallest absolute Gasteiger partial charge is 0.227 e. The summed E-state index contributed by atoms with van der Waals surface area (Å²) in [7, 11) is 7.52. The van der Waals surface area contributed by atoms with Gasteiger partial charge in [-0.05, 0) is 88.0 Å². The van der Waals surface area contributed by atoms with Crippen LogP contribution >= 0.6 is 0 Å². The molecule has 0 spiro atoms. The van der Waals surface area contributed by atoms with Crippen molar-refractivity contribution in [1.82, 2.24) is 20.9 Å². The molecule has 4 rings (SSSR count). The number of alkyl halides is 1. The first-order valence-corrected chi connectivity index (χ1v) is 15.0. The number of halogens is 1. The molecule has 9 atom stereocenters. The van der Waals surface area contributed by atoms with Crippen LogP contribution < -0.4 is 16.0 Å². The van der Waals surface area contributed by atoms with Crippen LogP contribution in [0.5, 0.6) is 0 Å². The predicted molar refractivity (Wildman–Crippen MR) is 149 cm³/mol. The van der Waals surface area contributed by atoms with Crippen molar-refractivity contribution in [3.8, 4) is 0 Å². The molecule has 218 valence electrons. The molecule has 0 saturated heterocycles. The van der Waals surface area contributed by atoms with E-state index in [-0.39, 0.29) is 30.1 Å². The summed E-state index contributed by atoms with van der Waals surface area (Å²) < 4.78 is 25.6. The maximum Gasteiger partial charge on any atom is 0.227 e. The van der Waals surface area contributed by atoms with Crippen LogP contribution in [0.3, 0.4) is 0 Å². The molecule has 9 heteroatoms. The second-order valence-electron chi connectivity index (χ2n) is 12.5. The van der Waals surface area contributed by atoms with E-state index in [2.05, 4.69) is 27.9 Å². The highest BCUT2D eigenvalue weighted by molar-refractivity contribution is 5.81. The Morgan fingerprint density at radius 1 is 1.05 bits per heavy atom. The van der Waals surface area contributed by atoms with Crippen molar-refractivity contribution in [2.45, 2.75) is 82.7 Å². The first kappa shape index (κ1) is 29.5. The van der Waals surface area contributed by atoms with Crippen molar-refractivity contribution in [2.75, 3.05) is 54.5 Å². The van der Waals surface area contributed by atoms with Crippen LogP contribution in [0.4, 0.5) is 4.39 Å². The molecule has 3 fully saturated rings. The molecule has 0 aromatic heterocycles. The van der Waals surface area contributed by atoms with E-state index in [9.17, 15) is 9.18 Å². The lowest BCUT2D eigenvalue weighted by atomic mass is 9.61. The van der Waals surface area contributed by atoms with Crippen LogP contribution in [0, 0.1) is 35.5 Å². The Morgan fingerprint density at radius 3 is 2.39 bits per heavy atom. The molecule has 0 aromatic carbocycles. The van der Waals surface area contributed by atoms with E-state index in [4.69, 9.17) is 9.47 Å². The van der Waals surface area contributed by atoms with Gasteiger partial charge < -0.3 is 30.3 Å². The second-order valence-corrected chi connectivity index (χ2v) is 12.5. The number of nitrogens with one attached hydrogen (secondary N) is 3. The minimum atomic E-state index is -0.687. The van der Waals surface area contributed by atoms with Gasteiger partial charge in [-0.25, -0.2) is 4.39 Å². The van der Waals surface area contributed by atoms with E-state index in [1.54, 1.807) is 14.2 Å². The fourth-order valence-corrected chi connectivity index (χ4v) is 8.08. The predicted octanol–water partition coefficient (Wildman–Crippen LogP) is 2.83. The Bertz CT molecular complexity index is 788. The van der Waals surface area contributed by atoms with E-state index < -0.39 is 6.17 Å². The summed E-state index contributed by atoms with van der Waals surface area (Å²) in [6.45, 7) is 5.44. The average molecular weight is 538 g/mol. The van der Waals surface area contributed by atoms with Gasteiger partial charge in [0.2, 0.25) is 5.91 Å². The number of aliphatic imine (C=N–C) groups is 1. The molecule has 8 nitrogen and oxygen atoms in total. The van der Waals surface area contributed by atoms with Crippen LogP contribution in [0.15, 0.2) is 4.99 Å². The molecule has 4 aliphatic rings. The normalized spacial score (nSPS) is 39.8. The third kappa shape index (κ3) is 7.19. The molecular weight excluding hydrogens is 485 g/mol. The number of nitrogens with zero attached hydrogens (tertiary/aromatic N) is 2. The second kappa shape index (κ2) is 13.8. The molecule has 38 heavy (non-hydrogen) atoms. The van der Waals surface area contributed by atoms with E-state index >= 15 is 0 Å². The zero-order valence-corrected chi connectivity index (χ0v) is 24.3. The van der Waals surface area contributed by atoms with Gasteiger partial charge in [0.1, 0.15) is 6.17 Å². The third-order valence-corrected chi connectivity index (χ3v) is 9.99. The van der Waals surface area contributed by atoms with Gasteiger partial charge >= 0.3 is 0 Å². The van der Waals surface area contributed by atoms with E-state index in [1.165, 1.54) is 0 Å². The largest absolute Gasteiger partial charge is 0.381 e. The molecule has 3 N–H and O–H groups in total. The number of hydrogen-bond acceptors (Lipinski definition) is 7. The van der Waals surface area contributed by atoms with Gasteiger partial charge in [-0.15, -0.1) is 0 Å². The highest BCUT2D eigenvalue weighted by Crippen LogP contribution is 2.46. The van der Waals surface area contributed by atoms with Crippen molar-refractivity contribution in [3.63, 3.8) is 0 Å². The number of methoxy groups -OCH3 is 2. The van der Waals surface area contributed by atoms with Crippen LogP contribution in [0.1, 0.15) is 58.3 Å². The summed E-state index contributed by atoms with van der Waals surface area (Å²) in [5.74, 6) is 2.88. The maximum atomic E-state index is 14.2. The molecule has 3 aliphatic carbocycles.